The van der Waals surface area contributed by atoms with E-state index in [0.717, 1.165) is 0 Å². The van der Waals surface area contributed by atoms with Gasteiger partial charge in [0.25, 0.3) is 0 Å². The second-order valence-corrected chi connectivity index (χ2v) is 6.58. The summed E-state index contributed by atoms with van der Waals surface area (Å²) < 4.78 is 5.12. The number of hydrogen-bond donors (Lipinski definition) is 0. The highest BCUT2D eigenvalue weighted by Crippen LogP contribution is 2.83. The highest BCUT2D eigenvalue weighted by molar-refractivity contribution is 6.03. The fraction of sp³-hybridized carbons (Fsp3) is 0.389. The molecule has 2 heteroatoms. The Morgan fingerprint density at radius 3 is 1.90 bits per heavy atom. The Morgan fingerprint density at radius 1 is 0.950 bits per heavy atom. The number of carbonyl (C=O) groups excluding carboxylic acids is 1. The summed E-state index contributed by atoms with van der Waals surface area (Å²) in [6, 6.07) is 12.8. The minimum absolute atomic E-state index is 0.103. The Hall–Kier alpha value is -1.83. The van der Waals surface area contributed by atoms with Crippen molar-refractivity contribution < 1.29 is 9.53 Å². The van der Waals surface area contributed by atoms with Crippen molar-refractivity contribution in [3.05, 3.63) is 47.5 Å². The van der Waals surface area contributed by atoms with E-state index in [9.17, 15) is 4.79 Å². The second kappa shape index (κ2) is 3.08. The molecule has 2 aromatic rings. The van der Waals surface area contributed by atoms with Gasteiger partial charge in [-0.15, -0.1) is 0 Å². The molecule has 2 atom stereocenters. The highest BCUT2D eigenvalue weighted by atomic mass is 16.5. The van der Waals surface area contributed by atoms with Gasteiger partial charge in [-0.1, -0.05) is 50.2 Å². The van der Waals surface area contributed by atoms with Crippen LogP contribution in [0.3, 0.4) is 0 Å². The zero-order chi connectivity index (χ0) is 14.3. The van der Waals surface area contributed by atoms with Gasteiger partial charge in [0.15, 0.2) is 0 Å². The third kappa shape index (κ3) is 0.825. The first-order valence-corrected chi connectivity index (χ1v) is 7.05. The zero-order valence-corrected chi connectivity index (χ0v) is 12.3. The quantitative estimate of drug-likeness (QED) is 0.738. The topological polar surface area (TPSA) is 26.3 Å². The number of carbonyl (C=O) groups is 1. The van der Waals surface area contributed by atoms with Crippen LogP contribution in [0.1, 0.15) is 31.9 Å². The van der Waals surface area contributed by atoms with Crippen LogP contribution in [0.5, 0.6) is 0 Å². The average Bonchev–Trinajstić information content (AvgIpc) is 2.77. The summed E-state index contributed by atoms with van der Waals surface area (Å²) in [6.45, 7) is 6.46. The van der Waals surface area contributed by atoms with Crippen molar-refractivity contribution >= 4 is 16.7 Å². The Labute approximate surface area is 118 Å². The zero-order valence-electron chi connectivity index (χ0n) is 12.3. The van der Waals surface area contributed by atoms with Crippen LogP contribution in [0.15, 0.2) is 36.4 Å². The molecule has 2 aliphatic carbocycles. The monoisotopic (exact) mass is 266 g/mol. The number of hydrogen-bond acceptors (Lipinski definition) is 2. The Morgan fingerprint density at radius 2 is 1.45 bits per heavy atom. The summed E-state index contributed by atoms with van der Waals surface area (Å²) in [5.74, 6) is -0.103. The van der Waals surface area contributed by atoms with Gasteiger partial charge in [0.05, 0.1) is 12.5 Å². The number of methoxy groups -OCH3 is 1. The molecule has 0 aliphatic heterocycles. The van der Waals surface area contributed by atoms with Crippen LogP contribution in [0.4, 0.5) is 0 Å². The molecular formula is C18H18O2. The molecule has 4 rings (SSSR count). The maximum Gasteiger partial charge on any atom is 0.313 e. The van der Waals surface area contributed by atoms with E-state index in [-0.39, 0.29) is 16.8 Å². The lowest BCUT2D eigenvalue weighted by molar-refractivity contribution is -0.147. The summed E-state index contributed by atoms with van der Waals surface area (Å²) >= 11 is 0. The lowest BCUT2D eigenvalue weighted by atomic mass is 9.84. The molecule has 0 radical (unpaired) electrons. The fourth-order valence-corrected chi connectivity index (χ4v) is 4.99. The van der Waals surface area contributed by atoms with Crippen LogP contribution >= 0.6 is 0 Å². The molecule has 1 fully saturated rings. The SMILES string of the molecule is COC(=O)C1(C)[C@]2(C)c3cccc4cccc(c34)[C@@]12C. The van der Waals surface area contributed by atoms with Crippen molar-refractivity contribution in [3.8, 4) is 0 Å². The number of rotatable bonds is 1. The molecule has 1 saturated carbocycles. The van der Waals surface area contributed by atoms with Gasteiger partial charge in [-0.3, -0.25) is 4.79 Å². The standard InChI is InChI=1S/C18H18O2/c1-16-12-9-5-7-11-8-6-10-13(14(11)12)17(16,2)18(16,3)15(19)20-4/h5-10H,1-4H3/t16-,17-/m1/s1. The molecule has 20 heavy (non-hydrogen) atoms. The molecular weight excluding hydrogens is 248 g/mol. The van der Waals surface area contributed by atoms with Crippen LogP contribution in [0.2, 0.25) is 0 Å². The summed E-state index contributed by atoms with van der Waals surface area (Å²) in [5, 5.41) is 2.60. The van der Waals surface area contributed by atoms with E-state index in [4.69, 9.17) is 4.74 Å². The summed E-state index contributed by atoms with van der Waals surface area (Å²) in [5.41, 5.74) is 1.77. The predicted octanol–water partition coefficient (Wildman–Crippen LogP) is 3.56. The Balaban J connectivity index is 2.10. The van der Waals surface area contributed by atoms with E-state index in [0.29, 0.717) is 0 Å². The lowest BCUT2D eigenvalue weighted by Crippen LogP contribution is -2.26. The van der Waals surface area contributed by atoms with Crippen molar-refractivity contribution in [1.82, 2.24) is 0 Å². The fourth-order valence-electron chi connectivity index (χ4n) is 4.99. The molecule has 2 aliphatic rings. The Kier molecular flexibility index (Phi) is 1.84. The van der Waals surface area contributed by atoms with Crippen LogP contribution in [0.25, 0.3) is 10.8 Å². The number of benzene rings is 2. The van der Waals surface area contributed by atoms with E-state index in [1.54, 1.807) is 0 Å². The smallest absolute Gasteiger partial charge is 0.313 e. The molecule has 0 bridgehead atoms. The maximum absolute atomic E-state index is 12.4. The van der Waals surface area contributed by atoms with Gasteiger partial charge < -0.3 is 4.74 Å². The molecule has 2 nitrogen and oxygen atoms in total. The minimum Gasteiger partial charge on any atom is -0.469 e. The first-order valence-electron chi connectivity index (χ1n) is 7.05. The second-order valence-electron chi connectivity index (χ2n) is 6.58. The maximum atomic E-state index is 12.4. The van der Waals surface area contributed by atoms with Crippen molar-refractivity contribution in [2.75, 3.05) is 7.11 Å². The molecule has 2 aromatic carbocycles. The molecule has 0 amide bonds. The summed E-state index contributed by atoms with van der Waals surface area (Å²) in [6.07, 6.45) is 0. The van der Waals surface area contributed by atoms with E-state index in [2.05, 4.69) is 50.2 Å². The van der Waals surface area contributed by atoms with Crippen molar-refractivity contribution in [2.24, 2.45) is 5.41 Å². The largest absolute Gasteiger partial charge is 0.469 e. The number of fused-ring (bicyclic) bond motifs is 3. The van der Waals surface area contributed by atoms with E-state index < -0.39 is 5.41 Å². The summed E-state index contributed by atoms with van der Waals surface area (Å²) in [7, 11) is 1.49. The number of ether oxygens (including phenoxy) is 1. The summed E-state index contributed by atoms with van der Waals surface area (Å²) in [4.78, 5) is 12.4. The predicted molar refractivity (Wildman–Crippen MR) is 78.8 cm³/mol. The van der Waals surface area contributed by atoms with Crippen LogP contribution in [-0.2, 0) is 20.4 Å². The van der Waals surface area contributed by atoms with Crippen molar-refractivity contribution in [1.29, 1.82) is 0 Å². The highest BCUT2D eigenvalue weighted by Gasteiger charge is 2.87. The molecule has 0 saturated heterocycles. The van der Waals surface area contributed by atoms with Gasteiger partial charge in [0.2, 0.25) is 0 Å². The number of esters is 1. The molecule has 0 unspecified atom stereocenters. The Bertz CT molecular complexity index is 725. The average molecular weight is 266 g/mol. The lowest BCUT2D eigenvalue weighted by Gasteiger charge is -2.21. The van der Waals surface area contributed by atoms with Gasteiger partial charge >= 0.3 is 5.97 Å². The normalized spacial score (nSPS) is 36.8. The van der Waals surface area contributed by atoms with Crippen LogP contribution < -0.4 is 0 Å². The minimum atomic E-state index is -0.475. The molecule has 0 aromatic heterocycles. The first kappa shape index (κ1) is 12.0. The van der Waals surface area contributed by atoms with Gasteiger partial charge in [0, 0.05) is 10.8 Å². The molecule has 102 valence electrons. The van der Waals surface area contributed by atoms with Crippen molar-refractivity contribution in [3.63, 3.8) is 0 Å². The van der Waals surface area contributed by atoms with Crippen LogP contribution in [-0.4, -0.2) is 13.1 Å². The first-order chi connectivity index (χ1) is 9.44. The third-order valence-corrected chi connectivity index (χ3v) is 6.51. The van der Waals surface area contributed by atoms with Gasteiger partial charge in [-0.2, -0.15) is 0 Å². The van der Waals surface area contributed by atoms with E-state index in [1.165, 1.54) is 29.0 Å². The van der Waals surface area contributed by atoms with E-state index in [1.807, 2.05) is 6.92 Å². The van der Waals surface area contributed by atoms with Gasteiger partial charge in [0.1, 0.15) is 0 Å². The third-order valence-electron chi connectivity index (χ3n) is 6.51. The molecule has 0 spiro atoms. The van der Waals surface area contributed by atoms with Gasteiger partial charge in [-0.25, -0.2) is 0 Å². The van der Waals surface area contributed by atoms with Crippen LogP contribution in [0, 0.1) is 5.41 Å². The van der Waals surface area contributed by atoms with Crippen molar-refractivity contribution in [2.45, 2.75) is 31.6 Å². The molecule has 0 heterocycles. The van der Waals surface area contributed by atoms with Gasteiger partial charge in [-0.05, 0) is 28.8 Å². The van der Waals surface area contributed by atoms with E-state index >= 15 is 0 Å². The molecule has 0 N–H and O–H groups in total.